The van der Waals surface area contributed by atoms with Crippen LogP contribution in [0.25, 0.3) is 23.1 Å². The highest BCUT2D eigenvalue weighted by Crippen LogP contribution is 2.20. The Balaban J connectivity index is 1.77. The molecule has 0 radical (unpaired) electrons. The van der Waals surface area contributed by atoms with Crippen molar-refractivity contribution < 1.29 is 4.74 Å². The maximum Gasteiger partial charge on any atom is 0.140 e. The molecule has 0 aliphatic carbocycles. The first-order valence-corrected chi connectivity index (χ1v) is 12.4. The van der Waals surface area contributed by atoms with Gasteiger partial charge in [-0.15, -0.1) is 0 Å². The maximum atomic E-state index is 5.88. The van der Waals surface area contributed by atoms with Gasteiger partial charge in [0.1, 0.15) is 6.73 Å². The second kappa shape index (κ2) is 7.76. The lowest BCUT2D eigenvalue weighted by Gasteiger charge is -2.15. The minimum absolute atomic E-state index is 0.489. The number of pyridine rings is 1. The van der Waals surface area contributed by atoms with E-state index in [0.29, 0.717) is 6.73 Å². The molecular weight excluding hydrogens is 326 g/mol. The molecule has 0 saturated carbocycles. The number of nitrogens with zero attached hydrogens (tertiary/aromatic N) is 3. The predicted molar refractivity (Wildman–Crippen MR) is 107 cm³/mol. The number of hydrogen-bond acceptors (Lipinski definition) is 3. The third kappa shape index (κ3) is 4.87. The minimum atomic E-state index is -1.07. The van der Waals surface area contributed by atoms with Crippen molar-refractivity contribution in [1.29, 1.82) is 0 Å². The summed E-state index contributed by atoms with van der Waals surface area (Å²) in [6.07, 6.45) is 5.80. The van der Waals surface area contributed by atoms with E-state index in [-0.39, 0.29) is 0 Å². The number of aromatic nitrogens is 3. The molecule has 0 bridgehead atoms. The Kier molecular flexibility index (Phi) is 5.46. The van der Waals surface area contributed by atoms with Crippen molar-refractivity contribution in [3.8, 4) is 0 Å². The zero-order valence-electron chi connectivity index (χ0n) is 15.1. The van der Waals surface area contributed by atoms with Gasteiger partial charge in [0.2, 0.25) is 0 Å². The van der Waals surface area contributed by atoms with E-state index in [9.17, 15) is 0 Å². The summed E-state index contributed by atoms with van der Waals surface area (Å²) in [5, 5.41) is 5.86. The molecule has 0 amide bonds. The molecule has 3 rings (SSSR count). The summed E-state index contributed by atoms with van der Waals surface area (Å²) >= 11 is 0. The minimum Gasteiger partial charge on any atom is -0.360 e. The highest BCUT2D eigenvalue weighted by Gasteiger charge is 2.13. The zero-order valence-corrected chi connectivity index (χ0v) is 16.1. The SMILES string of the molecule is C[Si](C)(C)CCOCn1nc(C=Cc2ccccn2)c2ccccc21. The smallest absolute Gasteiger partial charge is 0.140 e. The molecular formula is C20H25N3OSi. The summed E-state index contributed by atoms with van der Waals surface area (Å²) in [5.41, 5.74) is 2.96. The monoisotopic (exact) mass is 351 g/mol. The first-order chi connectivity index (χ1) is 12.0. The number of ether oxygens (including phenoxy) is 1. The predicted octanol–water partition coefficient (Wildman–Crippen LogP) is 4.91. The summed E-state index contributed by atoms with van der Waals surface area (Å²) in [7, 11) is -1.07. The Labute approximate surface area is 150 Å². The van der Waals surface area contributed by atoms with Gasteiger partial charge in [0.05, 0.1) is 16.9 Å². The molecule has 2 heterocycles. The molecule has 0 unspecified atom stereocenters. The second-order valence-corrected chi connectivity index (χ2v) is 13.0. The summed E-state index contributed by atoms with van der Waals surface area (Å²) in [4.78, 5) is 4.32. The Morgan fingerprint density at radius 3 is 2.60 bits per heavy atom. The van der Waals surface area contributed by atoms with Gasteiger partial charge in [-0.25, -0.2) is 4.68 Å². The van der Waals surface area contributed by atoms with Crippen LogP contribution in [0.1, 0.15) is 11.4 Å². The van der Waals surface area contributed by atoms with Gasteiger partial charge in [0.15, 0.2) is 0 Å². The summed E-state index contributed by atoms with van der Waals surface area (Å²) in [5.74, 6) is 0. The van der Waals surface area contributed by atoms with Crippen molar-refractivity contribution in [2.45, 2.75) is 32.4 Å². The van der Waals surface area contributed by atoms with Crippen LogP contribution in [0.3, 0.4) is 0 Å². The Hall–Kier alpha value is -2.24. The van der Waals surface area contributed by atoms with E-state index in [2.05, 4.69) is 36.8 Å². The van der Waals surface area contributed by atoms with Crippen molar-refractivity contribution in [3.63, 3.8) is 0 Å². The Morgan fingerprint density at radius 1 is 1.04 bits per heavy atom. The Bertz CT molecular complexity index is 850. The third-order valence-corrected chi connectivity index (χ3v) is 5.70. The number of rotatable bonds is 7. The quantitative estimate of drug-likeness (QED) is 0.448. The van der Waals surface area contributed by atoms with Crippen molar-refractivity contribution in [3.05, 3.63) is 60.0 Å². The molecule has 0 fully saturated rings. The number of para-hydroxylation sites is 1. The lowest BCUT2D eigenvalue weighted by atomic mass is 10.2. The average molecular weight is 352 g/mol. The third-order valence-electron chi connectivity index (χ3n) is 4.00. The fourth-order valence-electron chi connectivity index (χ4n) is 2.54. The molecule has 0 atom stereocenters. The molecule has 0 saturated heterocycles. The van der Waals surface area contributed by atoms with Crippen molar-refractivity contribution >= 4 is 31.1 Å². The van der Waals surface area contributed by atoms with Gasteiger partial charge in [-0.2, -0.15) is 5.10 Å². The van der Waals surface area contributed by atoms with Crippen LogP contribution < -0.4 is 0 Å². The van der Waals surface area contributed by atoms with E-state index in [0.717, 1.165) is 28.9 Å². The fourth-order valence-corrected chi connectivity index (χ4v) is 3.30. The van der Waals surface area contributed by atoms with Crippen LogP contribution in [0.2, 0.25) is 25.7 Å². The standard InChI is InChI=1S/C20H25N3OSi/c1-25(2,3)15-14-24-16-23-20-10-5-4-9-18(20)19(22-23)12-11-17-8-6-7-13-21-17/h4-13H,14-16H2,1-3H3. The highest BCUT2D eigenvalue weighted by molar-refractivity contribution is 6.76. The lowest BCUT2D eigenvalue weighted by Crippen LogP contribution is -2.22. The first-order valence-electron chi connectivity index (χ1n) is 8.65. The molecule has 0 aliphatic rings. The molecule has 4 nitrogen and oxygen atoms in total. The van der Waals surface area contributed by atoms with Gasteiger partial charge in [0, 0.05) is 26.3 Å². The van der Waals surface area contributed by atoms with E-state index >= 15 is 0 Å². The van der Waals surface area contributed by atoms with E-state index in [1.807, 2.05) is 47.2 Å². The van der Waals surface area contributed by atoms with Crippen LogP contribution in [-0.4, -0.2) is 29.4 Å². The number of benzene rings is 1. The van der Waals surface area contributed by atoms with Crippen molar-refractivity contribution in [2.24, 2.45) is 0 Å². The lowest BCUT2D eigenvalue weighted by molar-refractivity contribution is 0.0816. The zero-order chi connectivity index (χ0) is 17.7. The molecule has 5 heteroatoms. The molecule has 25 heavy (non-hydrogen) atoms. The highest BCUT2D eigenvalue weighted by atomic mass is 28.3. The van der Waals surface area contributed by atoms with Gasteiger partial charge in [-0.3, -0.25) is 4.98 Å². The topological polar surface area (TPSA) is 39.9 Å². The van der Waals surface area contributed by atoms with Crippen molar-refractivity contribution in [2.75, 3.05) is 6.61 Å². The normalized spacial score (nSPS) is 12.3. The fraction of sp³-hybridized carbons (Fsp3) is 0.300. The summed E-state index contributed by atoms with van der Waals surface area (Å²) in [6, 6.07) is 15.3. The van der Waals surface area contributed by atoms with Crippen LogP contribution >= 0.6 is 0 Å². The van der Waals surface area contributed by atoms with E-state index in [1.54, 1.807) is 6.20 Å². The summed E-state index contributed by atoms with van der Waals surface area (Å²) < 4.78 is 7.82. The first kappa shape index (κ1) is 17.6. The largest absolute Gasteiger partial charge is 0.360 e. The average Bonchev–Trinajstić information content (AvgIpc) is 2.95. The van der Waals surface area contributed by atoms with Crippen LogP contribution in [0.15, 0.2) is 48.7 Å². The van der Waals surface area contributed by atoms with Crippen LogP contribution in [0.4, 0.5) is 0 Å². The second-order valence-electron chi connectivity index (χ2n) is 7.34. The number of hydrogen-bond donors (Lipinski definition) is 0. The van der Waals surface area contributed by atoms with Crippen LogP contribution in [-0.2, 0) is 11.5 Å². The molecule has 3 aromatic rings. The molecule has 0 N–H and O–H groups in total. The molecule has 130 valence electrons. The maximum absolute atomic E-state index is 5.88. The van der Waals surface area contributed by atoms with Crippen LogP contribution in [0, 0.1) is 0 Å². The van der Waals surface area contributed by atoms with Gasteiger partial charge in [0.25, 0.3) is 0 Å². The number of fused-ring (bicyclic) bond motifs is 1. The van der Waals surface area contributed by atoms with E-state index < -0.39 is 8.07 Å². The van der Waals surface area contributed by atoms with E-state index in [4.69, 9.17) is 9.84 Å². The molecule has 1 aromatic carbocycles. The molecule has 2 aromatic heterocycles. The van der Waals surface area contributed by atoms with Gasteiger partial charge in [-0.05, 0) is 36.4 Å². The van der Waals surface area contributed by atoms with Gasteiger partial charge < -0.3 is 4.74 Å². The van der Waals surface area contributed by atoms with Crippen LogP contribution in [0.5, 0.6) is 0 Å². The van der Waals surface area contributed by atoms with Gasteiger partial charge in [-0.1, -0.05) is 43.9 Å². The van der Waals surface area contributed by atoms with Crippen molar-refractivity contribution in [1.82, 2.24) is 14.8 Å². The summed E-state index contributed by atoms with van der Waals surface area (Å²) in [6.45, 7) is 8.37. The Morgan fingerprint density at radius 2 is 1.84 bits per heavy atom. The molecule has 0 aliphatic heterocycles. The molecule has 0 spiro atoms. The van der Waals surface area contributed by atoms with Gasteiger partial charge >= 0.3 is 0 Å². The van der Waals surface area contributed by atoms with E-state index in [1.165, 1.54) is 6.04 Å².